The number of hydrogen-bond acceptors (Lipinski definition) is 3. The Balaban J connectivity index is 2.19. The van der Waals surface area contributed by atoms with Crippen LogP contribution in [0.3, 0.4) is 0 Å². The molecule has 128 valence electrons. The van der Waals surface area contributed by atoms with E-state index in [0.717, 1.165) is 15.1 Å². The summed E-state index contributed by atoms with van der Waals surface area (Å²) in [4.78, 5) is 11.6. The van der Waals surface area contributed by atoms with Crippen LogP contribution >= 0.6 is 0 Å². The lowest BCUT2D eigenvalue weighted by Gasteiger charge is -2.28. The highest BCUT2D eigenvalue weighted by Gasteiger charge is 2.33. The summed E-state index contributed by atoms with van der Waals surface area (Å²) in [7, 11) is -4.01. The summed E-state index contributed by atoms with van der Waals surface area (Å²) in [5, 5.41) is 11.2. The van der Waals surface area contributed by atoms with E-state index in [1.807, 2.05) is 24.3 Å². The van der Waals surface area contributed by atoms with E-state index in [0.29, 0.717) is 5.69 Å². The predicted octanol–water partition coefficient (Wildman–Crippen LogP) is 3.51. The van der Waals surface area contributed by atoms with Crippen molar-refractivity contribution in [2.45, 2.75) is 17.9 Å². The van der Waals surface area contributed by atoms with Crippen molar-refractivity contribution in [3.63, 3.8) is 0 Å². The summed E-state index contributed by atoms with van der Waals surface area (Å²) in [6.45, 7) is 1.36. The second-order valence-electron chi connectivity index (χ2n) is 5.66. The molecule has 0 aliphatic heterocycles. The number of hydrogen-bond donors (Lipinski definition) is 1. The highest BCUT2D eigenvalue weighted by Crippen LogP contribution is 2.29. The van der Waals surface area contributed by atoms with Crippen LogP contribution in [0.2, 0.25) is 0 Å². The number of rotatable bonds is 5. The van der Waals surface area contributed by atoms with Crippen molar-refractivity contribution < 1.29 is 18.3 Å². The molecule has 0 heterocycles. The third kappa shape index (κ3) is 3.21. The van der Waals surface area contributed by atoms with Crippen molar-refractivity contribution in [1.29, 1.82) is 0 Å². The molecule has 6 heteroatoms. The number of sulfonamides is 1. The summed E-state index contributed by atoms with van der Waals surface area (Å²) >= 11 is 0. The van der Waals surface area contributed by atoms with Gasteiger partial charge in [0.25, 0.3) is 10.0 Å². The van der Waals surface area contributed by atoms with Crippen LogP contribution in [0.25, 0.3) is 10.8 Å². The smallest absolute Gasteiger partial charge is 0.327 e. The number of carboxylic acids is 1. The zero-order chi connectivity index (χ0) is 18.0. The standard InChI is InChI=1S/C19H17NO4S/c1-14(19(21)22)20(25(23,24)18-9-3-2-4-10-18)17-12-11-15-7-5-6-8-16(15)13-17/h2-14H,1H3,(H,21,22). The van der Waals surface area contributed by atoms with Crippen molar-refractivity contribution in [2.24, 2.45) is 0 Å². The normalized spacial score (nSPS) is 12.7. The molecule has 25 heavy (non-hydrogen) atoms. The maximum Gasteiger partial charge on any atom is 0.327 e. The maximum absolute atomic E-state index is 13.1. The number of carbonyl (C=O) groups is 1. The molecule has 3 aromatic carbocycles. The number of benzene rings is 3. The molecule has 0 fully saturated rings. The summed E-state index contributed by atoms with van der Waals surface area (Å²) < 4.78 is 27.1. The van der Waals surface area contributed by atoms with Gasteiger partial charge in [-0.05, 0) is 42.0 Å². The van der Waals surface area contributed by atoms with Crippen molar-refractivity contribution in [1.82, 2.24) is 0 Å². The molecule has 1 atom stereocenters. The second kappa shape index (κ2) is 6.57. The number of fused-ring (bicyclic) bond motifs is 1. The van der Waals surface area contributed by atoms with E-state index in [-0.39, 0.29) is 4.90 Å². The Labute approximate surface area is 146 Å². The van der Waals surface area contributed by atoms with Crippen LogP contribution < -0.4 is 4.31 Å². The van der Waals surface area contributed by atoms with Gasteiger partial charge in [-0.15, -0.1) is 0 Å². The molecule has 0 saturated heterocycles. The van der Waals surface area contributed by atoms with Gasteiger partial charge in [0, 0.05) is 0 Å². The molecular weight excluding hydrogens is 338 g/mol. The third-order valence-electron chi connectivity index (χ3n) is 4.00. The number of anilines is 1. The molecule has 1 unspecified atom stereocenters. The SMILES string of the molecule is CC(C(=O)O)N(c1ccc2ccccc2c1)S(=O)(=O)c1ccccc1. The fourth-order valence-corrected chi connectivity index (χ4v) is 4.32. The van der Waals surface area contributed by atoms with E-state index in [4.69, 9.17) is 0 Å². The third-order valence-corrected chi connectivity index (χ3v) is 5.91. The molecule has 0 amide bonds. The Morgan fingerprint density at radius 3 is 2.16 bits per heavy atom. The molecule has 1 N–H and O–H groups in total. The fourth-order valence-electron chi connectivity index (χ4n) is 2.69. The molecule has 0 aliphatic rings. The summed E-state index contributed by atoms with van der Waals surface area (Å²) in [5.41, 5.74) is 0.317. The minimum atomic E-state index is -4.01. The molecule has 0 radical (unpaired) electrons. The van der Waals surface area contributed by atoms with Crippen LogP contribution in [-0.4, -0.2) is 25.5 Å². The van der Waals surface area contributed by atoms with Crippen molar-refractivity contribution in [2.75, 3.05) is 4.31 Å². The quantitative estimate of drug-likeness (QED) is 0.760. The van der Waals surface area contributed by atoms with Crippen LogP contribution in [0.1, 0.15) is 6.92 Å². The lowest BCUT2D eigenvalue weighted by Crippen LogP contribution is -2.43. The van der Waals surface area contributed by atoms with Gasteiger partial charge in [-0.3, -0.25) is 4.31 Å². The molecule has 3 aromatic rings. The van der Waals surface area contributed by atoms with Gasteiger partial charge in [0.15, 0.2) is 0 Å². The van der Waals surface area contributed by atoms with Gasteiger partial charge in [0.1, 0.15) is 6.04 Å². The fraction of sp³-hybridized carbons (Fsp3) is 0.105. The second-order valence-corrected chi connectivity index (χ2v) is 7.47. The van der Waals surface area contributed by atoms with Gasteiger partial charge in [0.05, 0.1) is 10.6 Å². The Hall–Kier alpha value is -2.86. The number of aliphatic carboxylic acids is 1. The summed E-state index contributed by atoms with van der Waals surface area (Å²) in [6.07, 6.45) is 0. The lowest BCUT2D eigenvalue weighted by atomic mass is 10.1. The molecule has 0 spiro atoms. The van der Waals surface area contributed by atoms with Gasteiger partial charge in [0.2, 0.25) is 0 Å². The first-order chi connectivity index (χ1) is 11.9. The monoisotopic (exact) mass is 355 g/mol. The van der Waals surface area contributed by atoms with Crippen molar-refractivity contribution in [3.8, 4) is 0 Å². The highest BCUT2D eigenvalue weighted by molar-refractivity contribution is 7.92. The van der Waals surface area contributed by atoms with E-state index in [1.54, 1.807) is 36.4 Å². The Morgan fingerprint density at radius 2 is 1.52 bits per heavy atom. The largest absolute Gasteiger partial charge is 0.480 e. The van der Waals surface area contributed by atoms with Gasteiger partial charge < -0.3 is 5.11 Å². The first-order valence-electron chi connectivity index (χ1n) is 7.72. The minimum Gasteiger partial charge on any atom is -0.480 e. The highest BCUT2D eigenvalue weighted by atomic mass is 32.2. The van der Waals surface area contributed by atoms with E-state index >= 15 is 0 Å². The minimum absolute atomic E-state index is 0.0521. The Kier molecular flexibility index (Phi) is 4.46. The van der Waals surface area contributed by atoms with E-state index in [9.17, 15) is 18.3 Å². The number of nitrogens with zero attached hydrogens (tertiary/aromatic N) is 1. The van der Waals surface area contributed by atoms with E-state index in [2.05, 4.69) is 0 Å². The topological polar surface area (TPSA) is 74.7 Å². The zero-order valence-electron chi connectivity index (χ0n) is 13.5. The average molecular weight is 355 g/mol. The average Bonchev–Trinajstić information content (AvgIpc) is 2.62. The van der Waals surface area contributed by atoms with Crippen molar-refractivity contribution >= 4 is 32.5 Å². The van der Waals surface area contributed by atoms with Crippen molar-refractivity contribution in [3.05, 3.63) is 72.8 Å². The van der Waals surface area contributed by atoms with E-state index < -0.39 is 22.0 Å². The predicted molar refractivity (Wildman–Crippen MR) is 97.2 cm³/mol. The van der Waals surface area contributed by atoms with Gasteiger partial charge in [-0.25, -0.2) is 13.2 Å². The Bertz CT molecular complexity index is 1020. The first-order valence-corrected chi connectivity index (χ1v) is 9.16. The van der Waals surface area contributed by atoms with Crippen LogP contribution in [0.15, 0.2) is 77.7 Å². The van der Waals surface area contributed by atoms with Crippen LogP contribution in [0, 0.1) is 0 Å². The van der Waals surface area contributed by atoms with Gasteiger partial charge >= 0.3 is 5.97 Å². The molecule has 3 rings (SSSR count). The maximum atomic E-state index is 13.1. The van der Waals surface area contributed by atoms with Crippen LogP contribution in [0.4, 0.5) is 5.69 Å². The van der Waals surface area contributed by atoms with E-state index in [1.165, 1.54) is 19.1 Å². The summed E-state index contributed by atoms with van der Waals surface area (Å²) in [6, 6.07) is 19.2. The summed E-state index contributed by atoms with van der Waals surface area (Å²) in [5.74, 6) is -1.22. The molecule has 0 saturated carbocycles. The molecule has 5 nitrogen and oxygen atoms in total. The van der Waals surface area contributed by atoms with Crippen LogP contribution in [0.5, 0.6) is 0 Å². The molecule has 0 aliphatic carbocycles. The molecule has 0 aromatic heterocycles. The lowest BCUT2D eigenvalue weighted by molar-refractivity contribution is -0.137. The zero-order valence-corrected chi connectivity index (χ0v) is 14.3. The van der Waals surface area contributed by atoms with Gasteiger partial charge in [-0.1, -0.05) is 48.5 Å². The van der Waals surface area contributed by atoms with Gasteiger partial charge in [-0.2, -0.15) is 0 Å². The molecular formula is C19H17NO4S. The first kappa shape index (κ1) is 17.0. The molecule has 0 bridgehead atoms. The number of carboxylic acid groups (broad SMARTS) is 1. The van der Waals surface area contributed by atoms with Crippen LogP contribution in [-0.2, 0) is 14.8 Å². The Morgan fingerprint density at radius 1 is 0.920 bits per heavy atom.